The van der Waals surface area contributed by atoms with Crippen LogP contribution in [0, 0.1) is 13.8 Å². The Morgan fingerprint density at radius 1 is 1.14 bits per heavy atom. The molecule has 0 amide bonds. The van der Waals surface area contributed by atoms with Crippen molar-refractivity contribution in [3.05, 3.63) is 39.6 Å². The Bertz CT molecular complexity index is 1030. The van der Waals surface area contributed by atoms with Gasteiger partial charge in [-0.25, -0.2) is 15.0 Å². The van der Waals surface area contributed by atoms with Crippen LogP contribution >= 0.6 is 11.3 Å². The average Bonchev–Trinajstić information content (AvgIpc) is 3.05. The molecule has 28 heavy (non-hydrogen) atoms. The number of phenols is 1. The van der Waals surface area contributed by atoms with Gasteiger partial charge in [-0.2, -0.15) is 13.2 Å². The number of halogens is 3. The van der Waals surface area contributed by atoms with Crippen LogP contribution in [-0.2, 0) is 12.6 Å². The van der Waals surface area contributed by atoms with E-state index < -0.39 is 11.9 Å². The number of methoxy groups -OCH3 is 1. The minimum Gasteiger partial charge on any atom is -0.507 e. The van der Waals surface area contributed by atoms with Crippen molar-refractivity contribution in [2.75, 3.05) is 7.11 Å². The fraction of sp³-hybridized carbons (Fsp3) is 0.316. The van der Waals surface area contributed by atoms with E-state index in [1.165, 1.54) is 36.8 Å². The number of ether oxygens (including phenoxy) is 1. The van der Waals surface area contributed by atoms with E-state index in [-0.39, 0.29) is 34.1 Å². The van der Waals surface area contributed by atoms with Crippen molar-refractivity contribution in [2.45, 2.75) is 33.4 Å². The quantitative estimate of drug-likeness (QED) is 0.643. The van der Waals surface area contributed by atoms with E-state index >= 15 is 0 Å². The van der Waals surface area contributed by atoms with Gasteiger partial charge in [0.1, 0.15) is 17.3 Å². The Morgan fingerprint density at radius 3 is 2.39 bits per heavy atom. The first kappa shape index (κ1) is 20.1. The SMILES string of the molecule is CCc1cc(-c2nc(C)nc(C(F)(F)F)c2-c2csc(C)n2)c(O)cc1OC. The molecule has 0 spiro atoms. The fourth-order valence-corrected chi connectivity index (χ4v) is 3.57. The van der Waals surface area contributed by atoms with E-state index in [2.05, 4.69) is 15.0 Å². The molecule has 0 bridgehead atoms. The Morgan fingerprint density at radius 2 is 1.86 bits per heavy atom. The summed E-state index contributed by atoms with van der Waals surface area (Å²) < 4.78 is 46.6. The smallest absolute Gasteiger partial charge is 0.434 e. The van der Waals surface area contributed by atoms with E-state index in [0.717, 1.165) is 5.56 Å². The first-order chi connectivity index (χ1) is 13.2. The maximum atomic E-state index is 13.8. The molecule has 0 radical (unpaired) electrons. The van der Waals surface area contributed by atoms with Gasteiger partial charge in [-0.3, -0.25) is 0 Å². The molecule has 0 aliphatic rings. The second-order valence-corrected chi connectivity index (χ2v) is 7.19. The summed E-state index contributed by atoms with van der Waals surface area (Å²) in [6.45, 7) is 4.97. The van der Waals surface area contributed by atoms with Crippen LogP contribution in [0.25, 0.3) is 22.5 Å². The number of hydrogen-bond acceptors (Lipinski definition) is 6. The van der Waals surface area contributed by atoms with Crippen LogP contribution in [-0.4, -0.2) is 27.2 Å². The molecule has 1 aromatic carbocycles. The average molecular weight is 409 g/mol. The lowest BCUT2D eigenvalue weighted by atomic mass is 9.97. The van der Waals surface area contributed by atoms with Crippen molar-refractivity contribution < 1.29 is 23.0 Å². The largest absolute Gasteiger partial charge is 0.507 e. The summed E-state index contributed by atoms with van der Waals surface area (Å²) in [5.74, 6) is 0.177. The molecule has 0 saturated heterocycles. The van der Waals surface area contributed by atoms with Crippen molar-refractivity contribution in [3.63, 3.8) is 0 Å². The number of aromatic hydroxyl groups is 1. The highest BCUT2D eigenvalue weighted by Gasteiger charge is 2.39. The maximum absolute atomic E-state index is 13.8. The molecule has 0 saturated carbocycles. The number of alkyl halides is 3. The minimum absolute atomic E-state index is 0.0139. The van der Waals surface area contributed by atoms with Gasteiger partial charge in [-0.1, -0.05) is 6.92 Å². The second kappa shape index (κ2) is 7.38. The Balaban J connectivity index is 2.40. The van der Waals surface area contributed by atoms with Crippen molar-refractivity contribution >= 4 is 11.3 Å². The minimum atomic E-state index is -4.70. The highest BCUT2D eigenvalue weighted by molar-refractivity contribution is 7.09. The molecule has 0 unspecified atom stereocenters. The second-order valence-electron chi connectivity index (χ2n) is 6.13. The van der Waals surface area contributed by atoms with Crippen LogP contribution in [0.1, 0.15) is 29.0 Å². The van der Waals surface area contributed by atoms with Gasteiger partial charge < -0.3 is 9.84 Å². The van der Waals surface area contributed by atoms with Crippen LogP contribution < -0.4 is 4.74 Å². The van der Waals surface area contributed by atoms with E-state index in [9.17, 15) is 18.3 Å². The van der Waals surface area contributed by atoms with Gasteiger partial charge >= 0.3 is 6.18 Å². The zero-order chi connectivity index (χ0) is 20.6. The van der Waals surface area contributed by atoms with E-state index in [1.807, 2.05) is 6.92 Å². The molecular weight excluding hydrogens is 391 g/mol. The monoisotopic (exact) mass is 409 g/mol. The van der Waals surface area contributed by atoms with Gasteiger partial charge in [0, 0.05) is 17.0 Å². The zero-order valence-electron chi connectivity index (χ0n) is 15.7. The third-order valence-corrected chi connectivity index (χ3v) is 4.97. The molecule has 2 heterocycles. The summed E-state index contributed by atoms with van der Waals surface area (Å²) in [5, 5.41) is 12.7. The van der Waals surface area contributed by atoms with Gasteiger partial charge in [0.25, 0.3) is 0 Å². The molecule has 3 aromatic rings. The molecule has 148 valence electrons. The van der Waals surface area contributed by atoms with E-state index in [4.69, 9.17) is 4.74 Å². The van der Waals surface area contributed by atoms with Gasteiger partial charge in [0.15, 0.2) is 5.69 Å². The molecule has 0 fully saturated rings. The lowest BCUT2D eigenvalue weighted by molar-refractivity contribution is -0.140. The summed E-state index contributed by atoms with van der Waals surface area (Å²) in [6.07, 6.45) is -4.14. The van der Waals surface area contributed by atoms with Crippen molar-refractivity contribution in [1.82, 2.24) is 15.0 Å². The van der Waals surface area contributed by atoms with Crippen molar-refractivity contribution in [1.29, 1.82) is 0 Å². The number of nitrogens with zero attached hydrogens (tertiary/aromatic N) is 3. The zero-order valence-corrected chi connectivity index (χ0v) is 16.5. The molecule has 1 N–H and O–H groups in total. The van der Waals surface area contributed by atoms with Crippen LogP contribution in [0.4, 0.5) is 13.2 Å². The highest BCUT2D eigenvalue weighted by atomic mass is 32.1. The van der Waals surface area contributed by atoms with Crippen LogP contribution in [0.5, 0.6) is 11.5 Å². The third kappa shape index (κ3) is 3.66. The molecule has 9 heteroatoms. The van der Waals surface area contributed by atoms with E-state index in [1.54, 1.807) is 13.0 Å². The summed E-state index contributed by atoms with van der Waals surface area (Å²) in [5.41, 5.74) is -0.300. The third-order valence-electron chi connectivity index (χ3n) is 4.20. The number of hydrogen-bond donors (Lipinski definition) is 1. The Labute approximate surface area is 163 Å². The van der Waals surface area contributed by atoms with Crippen molar-refractivity contribution in [3.8, 4) is 34.0 Å². The molecule has 0 aliphatic heterocycles. The molecule has 5 nitrogen and oxygen atoms in total. The Hall–Kier alpha value is -2.68. The lowest BCUT2D eigenvalue weighted by Gasteiger charge is -2.17. The predicted octanol–water partition coefficient (Wildman–Crippen LogP) is 5.18. The van der Waals surface area contributed by atoms with Crippen LogP contribution in [0.3, 0.4) is 0 Å². The number of thiazole rings is 1. The molecular formula is C19H18F3N3O2S. The molecule has 3 rings (SSSR count). The normalized spacial score (nSPS) is 11.7. The predicted molar refractivity (Wildman–Crippen MR) is 101 cm³/mol. The maximum Gasteiger partial charge on any atom is 0.434 e. The number of aryl methyl sites for hydroxylation is 3. The first-order valence-electron chi connectivity index (χ1n) is 8.44. The topological polar surface area (TPSA) is 68.1 Å². The number of benzene rings is 1. The molecule has 2 aromatic heterocycles. The molecule has 0 atom stereocenters. The van der Waals surface area contributed by atoms with Gasteiger partial charge in [0.2, 0.25) is 0 Å². The lowest BCUT2D eigenvalue weighted by Crippen LogP contribution is -2.14. The highest BCUT2D eigenvalue weighted by Crippen LogP contribution is 2.44. The number of aromatic nitrogens is 3. The summed E-state index contributed by atoms with van der Waals surface area (Å²) in [4.78, 5) is 12.1. The summed E-state index contributed by atoms with van der Waals surface area (Å²) in [6, 6.07) is 2.98. The number of phenolic OH excluding ortho intramolecular Hbond substituents is 1. The van der Waals surface area contributed by atoms with Crippen LogP contribution in [0.2, 0.25) is 0 Å². The number of rotatable bonds is 4. The standard InChI is InChI=1S/C19H18F3N3O2S/c1-5-11-6-12(14(26)7-15(11)27-4)17-16(13-8-28-10(3)25-13)18(19(20,21)22)24-9(2)23-17/h6-8,26H,5H2,1-4H3. The van der Waals surface area contributed by atoms with Gasteiger partial charge in [0.05, 0.1) is 29.1 Å². The van der Waals surface area contributed by atoms with Crippen LogP contribution in [0.15, 0.2) is 17.5 Å². The van der Waals surface area contributed by atoms with Gasteiger partial charge in [-0.15, -0.1) is 11.3 Å². The van der Waals surface area contributed by atoms with E-state index in [0.29, 0.717) is 17.2 Å². The summed E-state index contributed by atoms with van der Waals surface area (Å²) in [7, 11) is 1.47. The first-order valence-corrected chi connectivity index (χ1v) is 9.32. The molecule has 0 aliphatic carbocycles. The van der Waals surface area contributed by atoms with Gasteiger partial charge in [-0.05, 0) is 31.9 Å². The Kier molecular flexibility index (Phi) is 5.29. The summed E-state index contributed by atoms with van der Waals surface area (Å²) >= 11 is 1.23. The fourth-order valence-electron chi connectivity index (χ4n) is 2.96. The van der Waals surface area contributed by atoms with Crippen molar-refractivity contribution in [2.24, 2.45) is 0 Å².